The van der Waals surface area contributed by atoms with Crippen LogP contribution in [-0.4, -0.2) is 10.9 Å². The van der Waals surface area contributed by atoms with E-state index in [1.54, 1.807) is 0 Å². The van der Waals surface area contributed by atoms with Crippen molar-refractivity contribution in [2.75, 3.05) is 0 Å². The van der Waals surface area contributed by atoms with E-state index in [1.807, 2.05) is 0 Å². The van der Waals surface area contributed by atoms with E-state index >= 15 is 0 Å². The second kappa shape index (κ2) is 4.40. The quantitative estimate of drug-likeness (QED) is 0.750. The van der Waals surface area contributed by atoms with Crippen LogP contribution in [0.3, 0.4) is 0 Å². The maximum Gasteiger partial charge on any atom is 0.119 e. The van der Waals surface area contributed by atoms with Crippen LogP contribution in [0.25, 0.3) is 0 Å². The number of benzene rings is 1. The molecule has 1 fully saturated rings. The molecule has 0 aromatic heterocycles. The van der Waals surface area contributed by atoms with Crippen LogP contribution in [0.15, 0.2) is 24.3 Å². The molecule has 0 aliphatic heterocycles. The molecule has 0 bridgehead atoms. The smallest absolute Gasteiger partial charge is 0.119 e. The molecule has 0 radical (unpaired) electrons. The van der Waals surface area contributed by atoms with Gasteiger partial charge in [0.25, 0.3) is 0 Å². The van der Waals surface area contributed by atoms with E-state index in [-0.39, 0.29) is 5.41 Å². The molecule has 0 N–H and O–H groups in total. The fraction of sp³-hybridized carbons (Fsp3) is 0.571. The van der Waals surface area contributed by atoms with Crippen LogP contribution in [0.1, 0.15) is 32.3 Å². The molecule has 3 atom stereocenters. The molecule has 0 spiro atoms. The fourth-order valence-corrected chi connectivity index (χ4v) is 3.14. The Morgan fingerprint density at radius 3 is 2.50 bits per heavy atom. The summed E-state index contributed by atoms with van der Waals surface area (Å²) >= 11 is 3.73. The van der Waals surface area contributed by atoms with Crippen LogP contribution in [0.4, 0.5) is 0 Å². The van der Waals surface area contributed by atoms with Crippen LogP contribution in [0.5, 0.6) is 5.75 Å². The molecule has 3 unspecified atom stereocenters. The summed E-state index contributed by atoms with van der Waals surface area (Å²) in [6.45, 7) is 6.63. The van der Waals surface area contributed by atoms with E-state index in [4.69, 9.17) is 4.74 Å². The molecule has 1 aliphatic carbocycles. The lowest BCUT2D eigenvalue weighted by Gasteiger charge is -2.50. The van der Waals surface area contributed by atoms with Gasteiger partial charge in [0.1, 0.15) is 11.9 Å². The highest BCUT2D eigenvalue weighted by Crippen LogP contribution is 2.50. The predicted octanol–water partition coefficient (Wildman–Crippen LogP) is 4.33. The van der Waals surface area contributed by atoms with Gasteiger partial charge >= 0.3 is 0 Å². The van der Waals surface area contributed by atoms with Gasteiger partial charge in [-0.2, -0.15) is 0 Å². The largest absolute Gasteiger partial charge is 0.490 e. The Bertz CT molecular complexity index is 360. The standard InChI is InChI=1S/C14H19BrO/c1-4-14(3)12(15)9-13(14)16-11-7-5-10(2)6-8-11/h5-8,12-13H,4,9H2,1-3H3. The molecule has 1 saturated carbocycles. The average molecular weight is 283 g/mol. The van der Waals surface area contributed by atoms with Gasteiger partial charge in [-0.15, -0.1) is 0 Å². The van der Waals surface area contributed by atoms with E-state index < -0.39 is 0 Å². The van der Waals surface area contributed by atoms with Crippen molar-refractivity contribution in [3.8, 4) is 5.75 Å². The second-order valence-corrected chi connectivity index (χ2v) is 6.09. The number of halogens is 1. The minimum absolute atomic E-state index is 0.283. The van der Waals surface area contributed by atoms with Gasteiger partial charge in [-0.3, -0.25) is 0 Å². The Morgan fingerprint density at radius 2 is 2.00 bits per heavy atom. The summed E-state index contributed by atoms with van der Waals surface area (Å²) in [5, 5.41) is 0. The summed E-state index contributed by atoms with van der Waals surface area (Å²) in [5.74, 6) is 0.995. The minimum Gasteiger partial charge on any atom is -0.490 e. The molecule has 88 valence electrons. The molecule has 0 amide bonds. The fourth-order valence-electron chi connectivity index (χ4n) is 2.18. The highest BCUT2D eigenvalue weighted by atomic mass is 79.9. The van der Waals surface area contributed by atoms with Crippen molar-refractivity contribution in [3.63, 3.8) is 0 Å². The number of ether oxygens (including phenoxy) is 1. The van der Waals surface area contributed by atoms with Crippen molar-refractivity contribution < 1.29 is 4.74 Å². The van der Waals surface area contributed by atoms with Gasteiger partial charge in [0.05, 0.1) is 0 Å². The van der Waals surface area contributed by atoms with Gasteiger partial charge < -0.3 is 4.74 Å². The van der Waals surface area contributed by atoms with Crippen LogP contribution >= 0.6 is 15.9 Å². The van der Waals surface area contributed by atoms with E-state index in [0.717, 1.165) is 18.6 Å². The third-order valence-electron chi connectivity index (χ3n) is 3.93. The Labute approximate surface area is 106 Å². The van der Waals surface area contributed by atoms with Gasteiger partial charge in [0, 0.05) is 10.2 Å². The number of rotatable bonds is 3. The maximum absolute atomic E-state index is 6.05. The summed E-state index contributed by atoms with van der Waals surface area (Å²) < 4.78 is 6.05. The van der Waals surface area contributed by atoms with E-state index in [1.165, 1.54) is 5.56 Å². The molecule has 0 saturated heterocycles. The van der Waals surface area contributed by atoms with Crippen LogP contribution in [0.2, 0.25) is 0 Å². The average Bonchev–Trinajstić information content (AvgIpc) is 2.30. The van der Waals surface area contributed by atoms with Crippen molar-refractivity contribution in [2.24, 2.45) is 5.41 Å². The summed E-state index contributed by atoms with van der Waals surface area (Å²) in [7, 11) is 0. The zero-order valence-electron chi connectivity index (χ0n) is 10.2. The highest BCUT2D eigenvalue weighted by Gasteiger charge is 2.50. The van der Waals surface area contributed by atoms with E-state index in [9.17, 15) is 0 Å². The van der Waals surface area contributed by atoms with Gasteiger partial charge in [-0.05, 0) is 31.9 Å². The van der Waals surface area contributed by atoms with Crippen molar-refractivity contribution in [1.29, 1.82) is 0 Å². The lowest BCUT2D eigenvalue weighted by atomic mass is 9.65. The summed E-state index contributed by atoms with van der Waals surface area (Å²) in [6.07, 6.45) is 2.61. The lowest BCUT2D eigenvalue weighted by Crippen LogP contribution is -2.54. The molecule has 1 aliphatic rings. The third-order valence-corrected chi connectivity index (χ3v) is 5.35. The SMILES string of the molecule is CCC1(C)C(Br)CC1Oc1ccc(C)cc1. The Balaban J connectivity index is 2.04. The first kappa shape index (κ1) is 12.0. The van der Waals surface area contributed by atoms with Gasteiger partial charge in [0.15, 0.2) is 0 Å². The minimum atomic E-state index is 0.283. The summed E-state index contributed by atoms with van der Waals surface area (Å²) in [4.78, 5) is 0.598. The second-order valence-electron chi connectivity index (χ2n) is 4.98. The lowest BCUT2D eigenvalue weighted by molar-refractivity contribution is -0.0243. The number of alkyl halides is 1. The molecule has 0 heterocycles. The van der Waals surface area contributed by atoms with E-state index in [0.29, 0.717) is 10.9 Å². The third kappa shape index (κ3) is 2.00. The molecule has 2 heteroatoms. The van der Waals surface area contributed by atoms with Gasteiger partial charge in [0.2, 0.25) is 0 Å². The molecule has 16 heavy (non-hydrogen) atoms. The monoisotopic (exact) mass is 282 g/mol. The number of hydrogen-bond donors (Lipinski definition) is 0. The Hall–Kier alpha value is -0.500. The number of hydrogen-bond acceptors (Lipinski definition) is 1. The van der Waals surface area contributed by atoms with Crippen LogP contribution in [-0.2, 0) is 0 Å². The Kier molecular flexibility index (Phi) is 3.29. The molecule has 1 aromatic rings. The van der Waals surface area contributed by atoms with Crippen LogP contribution in [0, 0.1) is 12.3 Å². The van der Waals surface area contributed by atoms with Crippen molar-refractivity contribution in [2.45, 2.75) is 44.5 Å². The van der Waals surface area contributed by atoms with Crippen molar-refractivity contribution in [1.82, 2.24) is 0 Å². The van der Waals surface area contributed by atoms with Crippen molar-refractivity contribution >= 4 is 15.9 Å². The molecule has 2 rings (SSSR count). The molecular formula is C14H19BrO. The molecular weight excluding hydrogens is 264 g/mol. The van der Waals surface area contributed by atoms with E-state index in [2.05, 4.69) is 61.0 Å². The van der Waals surface area contributed by atoms with Crippen molar-refractivity contribution in [3.05, 3.63) is 29.8 Å². The first-order valence-corrected chi connectivity index (χ1v) is 6.85. The first-order valence-electron chi connectivity index (χ1n) is 5.93. The zero-order chi connectivity index (χ0) is 11.8. The summed E-state index contributed by atoms with van der Waals surface area (Å²) in [6, 6.07) is 8.33. The first-order chi connectivity index (χ1) is 7.56. The highest BCUT2D eigenvalue weighted by molar-refractivity contribution is 9.09. The van der Waals surface area contributed by atoms with Crippen LogP contribution < -0.4 is 4.74 Å². The number of aryl methyl sites for hydroxylation is 1. The normalized spacial score (nSPS) is 33.2. The summed E-state index contributed by atoms with van der Waals surface area (Å²) in [5.41, 5.74) is 1.56. The Morgan fingerprint density at radius 1 is 1.38 bits per heavy atom. The van der Waals surface area contributed by atoms with Gasteiger partial charge in [-0.1, -0.05) is 47.5 Å². The molecule has 1 nitrogen and oxygen atoms in total. The predicted molar refractivity (Wildman–Crippen MR) is 71.3 cm³/mol. The maximum atomic E-state index is 6.05. The zero-order valence-corrected chi connectivity index (χ0v) is 11.8. The van der Waals surface area contributed by atoms with Gasteiger partial charge in [-0.25, -0.2) is 0 Å². The topological polar surface area (TPSA) is 9.23 Å². The molecule has 1 aromatic carbocycles.